The van der Waals surface area contributed by atoms with Crippen LogP contribution in [0.1, 0.15) is 24.2 Å². The van der Waals surface area contributed by atoms with Gasteiger partial charge in [0.2, 0.25) is 0 Å². The molecule has 23 heavy (non-hydrogen) atoms. The maximum atomic E-state index is 11.7. The SMILES string of the molecule is CCN1c2ccccc2SC1/C=C/Nc1ccccc1C(C)=O. The third kappa shape index (κ3) is 3.27. The van der Waals surface area contributed by atoms with Gasteiger partial charge in [-0.3, -0.25) is 4.79 Å². The van der Waals surface area contributed by atoms with E-state index in [0.717, 1.165) is 12.2 Å². The average molecular weight is 324 g/mol. The molecule has 0 aromatic heterocycles. The number of benzene rings is 2. The van der Waals surface area contributed by atoms with Gasteiger partial charge >= 0.3 is 0 Å². The van der Waals surface area contributed by atoms with Gasteiger partial charge in [0.25, 0.3) is 0 Å². The number of hydrogen-bond acceptors (Lipinski definition) is 4. The molecule has 118 valence electrons. The van der Waals surface area contributed by atoms with Gasteiger partial charge in [0.1, 0.15) is 0 Å². The van der Waals surface area contributed by atoms with Crippen molar-refractivity contribution in [2.24, 2.45) is 0 Å². The molecule has 0 aliphatic carbocycles. The molecule has 1 unspecified atom stereocenters. The van der Waals surface area contributed by atoms with E-state index in [9.17, 15) is 4.79 Å². The number of fused-ring (bicyclic) bond motifs is 1. The van der Waals surface area contributed by atoms with Crippen molar-refractivity contribution >= 4 is 28.9 Å². The van der Waals surface area contributed by atoms with Crippen LogP contribution < -0.4 is 10.2 Å². The number of carbonyl (C=O) groups is 1. The normalized spacial score (nSPS) is 16.6. The molecule has 1 aliphatic rings. The topological polar surface area (TPSA) is 32.3 Å². The van der Waals surface area contributed by atoms with Crippen LogP contribution in [0, 0.1) is 0 Å². The fourth-order valence-corrected chi connectivity index (χ4v) is 4.02. The van der Waals surface area contributed by atoms with Crippen LogP contribution in [0.5, 0.6) is 0 Å². The highest BCUT2D eigenvalue weighted by Crippen LogP contribution is 2.43. The van der Waals surface area contributed by atoms with Crippen molar-refractivity contribution in [3.63, 3.8) is 0 Å². The van der Waals surface area contributed by atoms with Crippen LogP contribution in [0.2, 0.25) is 0 Å². The van der Waals surface area contributed by atoms with Gasteiger partial charge in [-0.05, 0) is 50.4 Å². The zero-order chi connectivity index (χ0) is 16.2. The first kappa shape index (κ1) is 15.7. The van der Waals surface area contributed by atoms with Gasteiger partial charge in [-0.15, -0.1) is 0 Å². The van der Waals surface area contributed by atoms with Crippen LogP contribution in [0.25, 0.3) is 0 Å². The monoisotopic (exact) mass is 324 g/mol. The zero-order valence-electron chi connectivity index (χ0n) is 13.3. The summed E-state index contributed by atoms with van der Waals surface area (Å²) in [6, 6.07) is 16.1. The lowest BCUT2D eigenvalue weighted by Crippen LogP contribution is -2.27. The maximum absolute atomic E-state index is 11.7. The predicted molar refractivity (Wildman–Crippen MR) is 98.3 cm³/mol. The van der Waals surface area contributed by atoms with Crippen molar-refractivity contribution in [2.75, 3.05) is 16.8 Å². The number of thioether (sulfide) groups is 1. The highest BCUT2D eigenvalue weighted by molar-refractivity contribution is 8.00. The van der Waals surface area contributed by atoms with Crippen LogP contribution in [0.4, 0.5) is 11.4 Å². The average Bonchev–Trinajstić information content (AvgIpc) is 2.92. The third-order valence-electron chi connectivity index (χ3n) is 3.88. The van der Waals surface area contributed by atoms with Gasteiger partial charge in [-0.1, -0.05) is 36.0 Å². The second-order valence-corrected chi connectivity index (χ2v) is 6.53. The molecule has 0 bridgehead atoms. The van der Waals surface area contributed by atoms with E-state index in [4.69, 9.17) is 0 Å². The fourth-order valence-electron chi connectivity index (χ4n) is 2.75. The fraction of sp³-hybridized carbons (Fsp3) is 0.211. The molecule has 1 aliphatic heterocycles. The van der Waals surface area contributed by atoms with E-state index in [1.165, 1.54) is 10.6 Å². The Morgan fingerprint density at radius 1 is 1.22 bits per heavy atom. The Labute approximate surface area is 141 Å². The number of carbonyl (C=O) groups excluding carboxylic acids is 1. The van der Waals surface area contributed by atoms with Crippen LogP contribution in [0.15, 0.2) is 65.7 Å². The number of Topliss-reactive ketones (excluding diaryl/α,β-unsaturated/α-hetero) is 1. The molecule has 0 saturated carbocycles. The first-order valence-corrected chi connectivity index (χ1v) is 8.64. The van der Waals surface area contributed by atoms with Gasteiger partial charge < -0.3 is 10.2 Å². The third-order valence-corrected chi connectivity index (χ3v) is 5.13. The summed E-state index contributed by atoms with van der Waals surface area (Å²) in [7, 11) is 0. The Morgan fingerprint density at radius 2 is 1.96 bits per heavy atom. The molecule has 1 atom stereocenters. The maximum Gasteiger partial charge on any atom is 0.161 e. The molecule has 2 aromatic carbocycles. The van der Waals surface area contributed by atoms with Crippen molar-refractivity contribution < 1.29 is 4.79 Å². The Balaban J connectivity index is 1.74. The predicted octanol–water partition coefficient (Wildman–Crippen LogP) is 4.77. The standard InChI is InChI=1S/C19H20N2OS/c1-3-21-17-10-6-7-11-18(17)23-19(21)12-13-20-16-9-5-4-8-15(16)14(2)22/h4-13,19-20H,3H2,1-2H3/b13-12+. The summed E-state index contributed by atoms with van der Waals surface area (Å²) in [5, 5.41) is 3.52. The van der Waals surface area contributed by atoms with Crippen molar-refractivity contribution in [1.29, 1.82) is 0 Å². The number of ketones is 1. The minimum Gasteiger partial charge on any atom is -0.361 e. The molecular weight excluding hydrogens is 304 g/mol. The van der Waals surface area contributed by atoms with E-state index < -0.39 is 0 Å². The molecule has 0 fully saturated rings. The molecule has 1 heterocycles. The lowest BCUT2D eigenvalue weighted by Gasteiger charge is -2.22. The van der Waals surface area contributed by atoms with Crippen LogP contribution >= 0.6 is 11.8 Å². The van der Waals surface area contributed by atoms with Crippen LogP contribution in [0.3, 0.4) is 0 Å². The molecule has 3 nitrogen and oxygen atoms in total. The molecule has 0 spiro atoms. The Bertz CT molecular complexity index is 742. The summed E-state index contributed by atoms with van der Waals surface area (Å²) in [6.07, 6.45) is 4.08. The Hall–Kier alpha value is -2.20. The molecule has 4 heteroatoms. The second kappa shape index (κ2) is 6.92. The number of rotatable bonds is 5. The van der Waals surface area contributed by atoms with Gasteiger partial charge in [0.15, 0.2) is 5.78 Å². The van der Waals surface area contributed by atoms with Crippen LogP contribution in [-0.4, -0.2) is 17.7 Å². The molecule has 0 amide bonds. The summed E-state index contributed by atoms with van der Waals surface area (Å²) >= 11 is 1.85. The lowest BCUT2D eigenvalue weighted by molar-refractivity contribution is 0.101. The molecule has 2 aromatic rings. The highest BCUT2D eigenvalue weighted by atomic mass is 32.2. The van der Waals surface area contributed by atoms with E-state index in [1.54, 1.807) is 6.92 Å². The van der Waals surface area contributed by atoms with Gasteiger partial charge in [-0.2, -0.15) is 0 Å². The molecule has 0 radical (unpaired) electrons. The molecule has 0 saturated heterocycles. The molecule has 3 rings (SSSR count). The second-order valence-electron chi connectivity index (χ2n) is 5.37. The number of likely N-dealkylation sites (N-methyl/N-ethyl adjacent to an activating group) is 1. The summed E-state index contributed by atoms with van der Waals surface area (Å²) in [4.78, 5) is 15.3. The quantitative estimate of drug-likeness (QED) is 0.803. The van der Waals surface area contributed by atoms with Crippen molar-refractivity contribution in [3.8, 4) is 0 Å². The van der Waals surface area contributed by atoms with E-state index >= 15 is 0 Å². The first-order valence-electron chi connectivity index (χ1n) is 7.76. The van der Waals surface area contributed by atoms with Crippen molar-refractivity contribution in [3.05, 3.63) is 66.4 Å². The van der Waals surface area contributed by atoms with E-state index in [0.29, 0.717) is 5.56 Å². The number of hydrogen-bond donors (Lipinski definition) is 1. The molecular formula is C19H20N2OS. The van der Waals surface area contributed by atoms with Crippen LogP contribution in [-0.2, 0) is 0 Å². The zero-order valence-corrected chi connectivity index (χ0v) is 14.1. The largest absolute Gasteiger partial charge is 0.361 e. The van der Waals surface area contributed by atoms with Gasteiger partial charge in [0, 0.05) is 22.7 Å². The van der Waals surface area contributed by atoms with E-state index in [1.807, 2.05) is 42.2 Å². The van der Waals surface area contributed by atoms with Gasteiger partial charge in [-0.25, -0.2) is 0 Å². The minimum atomic E-state index is 0.0688. The van der Waals surface area contributed by atoms with E-state index in [2.05, 4.69) is 47.5 Å². The summed E-state index contributed by atoms with van der Waals surface area (Å²) < 4.78 is 0. The van der Waals surface area contributed by atoms with Crippen molar-refractivity contribution in [2.45, 2.75) is 24.1 Å². The molecule has 1 N–H and O–H groups in total. The minimum absolute atomic E-state index is 0.0688. The highest BCUT2D eigenvalue weighted by Gasteiger charge is 2.26. The summed E-state index contributed by atoms with van der Waals surface area (Å²) in [5.41, 5.74) is 2.85. The lowest BCUT2D eigenvalue weighted by atomic mass is 10.1. The number of nitrogens with zero attached hydrogens (tertiary/aromatic N) is 1. The van der Waals surface area contributed by atoms with Gasteiger partial charge in [0.05, 0.1) is 11.1 Å². The summed E-state index contributed by atoms with van der Waals surface area (Å²) in [6.45, 7) is 4.72. The van der Waals surface area contributed by atoms with Crippen molar-refractivity contribution in [1.82, 2.24) is 0 Å². The van der Waals surface area contributed by atoms with E-state index in [-0.39, 0.29) is 11.2 Å². The number of para-hydroxylation sites is 2. The number of anilines is 2. The Kier molecular flexibility index (Phi) is 4.72. The summed E-state index contributed by atoms with van der Waals surface area (Å²) in [5.74, 6) is 0.0688. The smallest absolute Gasteiger partial charge is 0.161 e. The number of nitrogens with one attached hydrogen (secondary N) is 1. The Morgan fingerprint density at radius 3 is 2.74 bits per heavy atom. The first-order chi connectivity index (χ1) is 11.2.